The van der Waals surface area contributed by atoms with Crippen molar-refractivity contribution in [2.24, 2.45) is 4.99 Å². The van der Waals surface area contributed by atoms with Gasteiger partial charge in [0.05, 0.1) is 6.61 Å². The predicted octanol–water partition coefficient (Wildman–Crippen LogP) is 2.10. The zero-order valence-corrected chi connectivity index (χ0v) is 16.6. The molecule has 27 heavy (non-hydrogen) atoms. The average Bonchev–Trinajstić information content (AvgIpc) is 2.71. The highest BCUT2D eigenvalue weighted by molar-refractivity contribution is 5.79. The van der Waals surface area contributed by atoms with Gasteiger partial charge in [-0.05, 0) is 31.6 Å². The summed E-state index contributed by atoms with van der Waals surface area (Å²) in [4.78, 5) is 6.55. The smallest absolute Gasteiger partial charge is 0.191 e. The van der Waals surface area contributed by atoms with Crippen LogP contribution < -0.4 is 10.6 Å². The first kappa shape index (κ1) is 20.9. The van der Waals surface area contributed by atoms with Gasteiger partial charge in [0.2, 0.25) is 0 Å². The Labute approximate surface area is 163 Å². The summed E-state index contributed by atoms with van der Waals surface area (Å²) in [5.74, 6) is 0.794. The van der Waals surface area contributed by atoms with Gasteiger partial charge in [0.25, 0.3) is 0 Å². The van der Waals surface area contributed by atoms with Crippen LogP contribution in [0, 0.1) is 0 Å². The summed E-state index contributed by atoms with van der Waals surface area (Å²) in [5, 5.41) is 16.5. The molecule has 0 saturated heterocycles. The molecule has 0 aromatic heterocycles. The molecule has 0 fully saturated rings. The predicted molar refractivity (Wildman–Crippen MR) is 113 cm³/mol. The Morgan fingerprint density at radius 1 is 0.963 bits per heavy atom. The Bertz CT molecular complexity index is 673. The molecule has 0 aliphatic heterocycles. The minimum absolute atomic E-state index is 0.0405. The SMILES string of the molecule is CN=C(NCC(CO)c1ccccc1)NCC(Cc1ccccc1)N(C)C. The summed E-state index contributed by atoms with van der Waals surface area (Å²) < 4.78 is 0. The number of guanidine groups is 1. The minimum Gasteiger partial charge on any atom is -0.396 e. The van der Waals surface area contributed by atoms with Gasteiger partial charge in [-0.1, -0.05) is 60.7 Å². The molecule has 0 radical (unpaired) electrons. The van der Waals surface area contributed by atoms with Crippen LogP contribution in [0.2, 0.25) is 0 Å². The number of hydrogen-bond acceptors (Lipinski definition) is 3. The third-order valence-electron chi connectivity index (χ3n) is 4.78. The molecule has 2 aromatic carbocycles. The third kappa shape index (κ3) is 7.04. The average molecular weight is 369 g/mol. The fraction of sp³-hybridized carbons (Fsp3) is 0.409. The van der Waals surface area contributed by atoms with Gasteiger partial charge >= 0.3 is 0 Å². The molecule has 146 valence electrons. The summed E-state index contributed by atoms with van der Waals surface area (Å²) in [6.45, 7) is 1.52. The number of aliphatic hydroxyl groups excluding tert-OH is 1. The Morgan fingerprint density at radius 3 is 2.11 bits per heavy atom. The van der Waals surface area contributed by atoms with Crippen LogP contribution in [0.15, 0.2) is 65.7 Å². The molecule has 0 aliphatic rings. The molecule has 0 saturated carbocycles. The van der Waals surface area contributed by atoms with Gasteiger partial charge in [-0.15, -0.1) is 0 Å². The summed E-state index contributed by atoms with van der Waals surface area (Å²) in [7, 11) is 5.97. The van der Waals surface area contributed by atoms with E-state index in [-0.39, 0.29) is 12.5 Å². The van der Waals surface area contributed by atoms with E-state index >= 15 is 0 Å². The number of rotatable bonds is 9. The molecule has 0 heterocycles. The van der Waals surface area contributed by atoms with Crippen LogP contribution in [0.5, 0.6) is 0 Å². The monoisotopic (exact) mass is 368 g/mol. The van der Waals surface area contributed by atoms with Gasteiger partial charge in [-0.25, -0.2) is 0 Å². The minimum atomic E-state index is 0.0405. The van der Waals surface area contributed by atoms with E-state index < -0.39 is 0 Å². The first-order chi connectivity index (χ1) is 13.1. The molecule has 0 bridgehead atoms. The van der Waals surface area contributed by atoms with Gasteiger partial charge in [-0.2, -0.15) is 0 Å². The van der Waals surface area contributed by atoms with Crippen LogP contribution in [-0.4, -0.2) is 62.8 Å². The maximum absolute atomic E-state index is 9.71. The lowest BCUT2D eigenvalue weighted by Gasteiger charge is -2.26. The van der Waals surface area contributed by atoms with Gasteiger partial charge in [-0.3, -0.25) is 4.99 Å². The van der Waals surface area contributed by atoms with Crippen LogP contribution in [0.25, 0.3) is 0 Å². The van der Waals surface area contributed by atoms with Crippen molar-refractivity contribution in [3.05, 3.63) is 71.8 Å². The lowest BCUT2D eigenvalue weighted by atomic mass is 10.0. The molecule has 2 atom stereocenters. The highest BCUT2D eigenvalue weighted by Crippen LogP contribution is 2.13. The quantitative estimate of drug-likeness (QED) is 0.469. The molecular weight excluding hydrogens is 336 g/mol. The van der Waals surface area contributed by atoms with Crippen molar-refractivity contribution in [1.82, 2.24) is 15.5 Å². The van der Waals surface area contributed by atoms with Gasteiger partial charge < -0.3 is 20.6 Å². The number of hydrogen-bond donors (Lipinski definition) is 3. The third-order valence-corrected chi connectivity index (χ3v) is 4.78. The molecule has 0 spiro atoms. The standard InChI is InChI=1S/C22H32N4O/c1-23-22(24-15-20(17-27)19-12-8-5-9-13-19)25-16-21(26(2)3)14-18-10-6-4-7-11-18/h4-13,20-21,27H,14-17H2,1-3H3,(H2,23,24,25). The zero-order valence-electron chi connectivity index (χ0n) is 16.6. The number of likely N-dealkylation sites (N-methyl/N-ethyl adjacent to an activating group) is 1. The summed E-state index contributed by atoms with van der Waals surface area (Å²) in [6.07, 6.45) is 0.973. The number of nitrogens with one attached hydrogen (secondary N) is 2. The molecular formula is C22H32N4O. The van der Waals surface area contributed by atoms with Crippen molar-refractivity contribution in [2.75, 3.05) is 40.8 Å². The van der Waals surface area contributed by atoms with Crippen LogP contribution in [-0.2, 0) is 6.42 Å². The molecule has 2 aromatic rings. The largest absolute Gasteiger partial charge is 0.396 e. The molecule has 0 aliphatic carbocycles. The van der Waals surface area contributed by atoms with E-state index in [0.717, 1.165) is 24.5 Å². The highest BCUT2D eigenvalue weighted by Gasteiger charge is 2.14. The Kier molecular flexibility index (Phi) is 8.81. The van der Waals surface area contributed by atoms with Crippen LogP contribution in [0.1, 0.15) is 17.0 Å². The van der Waals surface area contributed by atoms with E-state index in [1.807, 2.05) is 36.4 Å². The molecule has 5 heteroatoms. The molecule has 3 N–H and O–H groups in total. The Hall–Kier alpha value is -2.37. The van der Waals surface area contributed by atoms with Crippen molar-refractivity contribution < 1.29 is 5.11 Å². The summed E-state index contributed by atoms with van der Waals surface area (Å²) >= 11 is 0. The van der Waals surface area contributed by atoms with Crippen LogP contribution in [0.3, 0.4) is 0 Å². The van der Waals surface area contributed by atoms with Crippen molar-refractivity contribution in [3.8, 4) is 0 Å². The van der Waals surface area contributed by atoms with E-state index in [1.165, 1.54) is 5.56 Å². The zero-order chi connectivity index (χ0) is 19.5. The van der Waals surface area contributed by atoms with Crippen molar-refractivity contribution in [3.63, 3.8) is 0 Å². The first-order valence-electron chi connectivity index (χ1n) is 9.44. The number of benzene rings is 2. The Morgan fingerprint density at radius 2 is 1.56 bits per heavy atom. The fourth-order valence-electron chi connectivity index (χ4n) is 2.99. The lowest BCUT2D eigenvalue weighted by molar-refractivity contribution is 0.264. The van der Waals surface area contributed by atoms with E-state index in [2.05, 4.69) is 58.9 Å². The topological polar surface area (TPSA) is 59.9 Å². The maximum Gasteiger partial charge on any atom is 0.191 e. The fourth-order valence-corrected chi connectivity index (χ4v) is 2.99. The van der Waals surface area contributed by atoms with Gasteiger partial charge in [0.15, 0.2) is 5.96 Å². The van der Waals surface area contributed by atoms with Crippen molar-refractivity contribution >= 4 is 5.96 Å². The second kappa shape index (κ2) is 11.4. The molecule has 0 amide bonds. The van der Waals surface area contributed by atoms with Gasteiger partial charge in [0.1, 0.15) is 0 Å². The van der Waals surface area contributed by atoms with Crippen molar-refractivity contribution in [1.29, 1.82) is 0 Å². The second-order valence-corrected chi connectivity index (χ2v) is 6.93. The Balaban J connectivity index is 1.87. The van der Waals surface area contributed by atoms with Crippen LogP contribution >= 0.6 is 0 Å². The maximum atomic E-state index is 9.71. The van der Waals surface area contributed by atoms with E-state index in [1.54, 1.807) is 7.05 Å². The molecule has 2 unspecified atom stereocenters. The summed E-state index contributed by atoms with van der Waals surface area (Å²) in [5.41, 5.74) is 2.45. The number of aliphatic imine (C=N–C) groups is 1. The van der Waals surface area contributed by atoms with E-state index in [4.69, 9.17) is 0 Å². The lowest BCUT2D eigenvalue weighted by Crippen LogP contribution is -2.46. The molecule has 2 rings (SSSR count). The number of nitrogens with zero attached hydrogens (tertiary/aromatic N) is 2. The van der Waals surface area contributed by atoms with Crippen LogP contribution in [0.4, 0.5) is 0 Å². The van der Waals surface area contributed by atoms with E-state index in [0.29, 0.717) is 12.6 Å². The number of aliphatic hydroxyl groups is 1. The van der Waals surface area contributed by atoms with Crippen molar-refractivity contribution in [2.45, 2.75) is 18.4 Å². The van der Waals surface area contributed by atoms with Gasteiger partial charge in [0, 0.05) is 32.1 Å². The summed E-state index contributed by atoms with van der Waals surface area (Å²) in [6, 6.07) is 20.9. The normalized spacial score (nSPS) is 14.0. The molecule has 5 nitrogen and oxygen atoms in total. The first-order valence-corrected chi connectivity index (χ1v) is 9.44. The van der Waals surface area contributed by atoms with E-state index in [9.17, 15) is 5.11 Å². The second-order valence-electron chi connectivity index (χ2n) is 6.93. The highest BCUT2D eigenvalue weighted by atomic mass is 16.3.